The van der Waals surface area contributed by atoms with Crippen molar-refractivity contribution in [1.29, 1.82) is 5.26 Å². The van der Waals surface area contributed by atoms with Gasteiger partial charge in [-0.1, -0.05) is 0 Å². The third-order valence-electron chi connectivity index (χ3n) is 4.53. The van der Waals surface area contributed by atoms with Gasteiger partial charge < -0.3 is 10.2 Å². The highest BCUT2D eigenvalue weighted by molar-refractivity contribution is 7.99. The summed E-state index contributed by atoms with van der Waals surface area (Å²) in [6.07, 6.45) is 0. The van der Waals surface area contributed by atoms with Crippen LogP contribution >= 0.6 is 11.8 Å². The van der Waals surface area contributed by atoms with E-state index in [0.717, 1.165) is 0 Å². The Labute approximate surface area is 185 Å². The van der Waals surface area contributed by atoms with Crippen molar-refractivity contribution in [3.05, 3.63) is 59.7 Å². The lowest BCUT2D eigenvalue weighted by molar-refractivity contribution is -0.119. The summed E-state index contributed by atoms with van der Waals surface area (Å²) in [5, 5.41) is 11.6. The maximum Gasteiger partial charge on any atom is 0.255 e. The lowest BCUT2D eigenvalue weighted by Crippen LogP contribution is -2.44. The third kappa shape index (κ3) is 5.44. The van der Waals surface area contributed by atoms with Gasteiger partial charge in [-0.05, 0) is 62.4 Å². The minimum Gasteiger partial charge on any atom is -0.324 e. The molecule has 2 N–H and O–H groups in total. The van der Waals surface area contributed by atoms with Crippen LogP contribution in [0.1, 0.15) is 29.8 Å². The molecule has 0 bridgehead atoms. The van der Waals surface area contributed by atoms with E-state index in [0.29, 0.717) is 28.4 Å². The number of amides is 2. The fraction of sp³-hybridized carbons (Fsp3) is 0.286. The van der Waals surface area contributed by atoms with Crippen molar-refractivity contribution >= 4 is 39.3 Å². The largest absolute Gasteiger partial charge is 0.324 e. The molecule has 1 aliphatic rings. The smallest absolute Gasteiger partial charge is 0.255 e. The van der Waals surface area contributed by atoms with E-state index < -0.39 is 16.1 Å². The average molecular weight is 459 g/mol. The standard InChI is InChI=1S/C21H22N4O4S2/c1-14(2)24-31(28,29)18-9-5-16(6-10-18)21(27)25-13-30-12-19(25)20(26)23-17-7-3-15(11-22)4-8-17/h3-10,14,19,24H,12-13H2,1-2H3,(H,23,26). The van der Waals surface area contributed by atoms with Crippen molar-refractivity contribution in [3.63, 3.8) is 0 Å². The Balaban J connectivity index is 1.71. The zero-order chi connectivity index (χ0) is 22.6. The summed E-state index contributed by atoms with van der Waals surface area (Å²) < 4.78 is 27.0. The lowest BCUT2D eigenvalue weighted by Gasteiger charge is -2.23. The van der Waals surface area contributed by atoms with Crippen LogP contribution < -0.4 is 10.0 Å². The first kappa shape index (κ1) is 22.8. The van der Waals surface area contributed by atoms with Crippen LogP contribution in [0.4, 0.5) is 5.69 Å². The Morgan fingerprint density at radius 3 is 2.35 bits per heavy atom. The van der Waals surface area contributed by atoms with Crippen LogP contribution in [-0.2, 0) is 14.8 Å². The molecule has 0 saturated carbocycles. The summed E-state index contributed by atoms with van der Waals surface area (Å²) in [7, 11) is -3.65. The molecule has 1 atom stereocenters. The molecule has 1 fully saturated rings. The molecule has 2 aromatic carbocycles. The van der Waals surface area contributed by atoms with E-state index in [4.69, 9.17) is 5.26 Å². The average Bonchev–Trinajstić information content (AvgIpc) is 3.23. The highest BCUT2D eigenvalue weighted by Gasteiger charge is 2.35. The SMILES string of the molecule is CC(C)NS(=O)(=O)c1ccc(C(=O)N2CSCC2C(=O)Nc2ccc(C#N)cc2)cc1. The minimum atomic E-state index is -3.65. The topological polar surface area (TPSA) is 119 Å². The second kappa shape index (κ2) is 9.51. The van der Waals surface area contributed by atoms with Gasteiger partial charge >= 0.3 is 0 Å². The summed E-state index contributed by atoms with van der Waals surface area (Å²) >= 11 is 1.47. The van der Waals surface area contributed by atoms with E-state index in [-0.39, 0.29) is 22.8 Å². The van der Waals surface area contributed by atoms with Crippen molar-refractivity contribution in [2.24, 2.45) is 0 Å². The van der Waals surface area contributed by atoms with Crippen molar-refractivity contribution < 1.29 is 18.0 Å². The summed E-state index contributed by atoms with van der Waals surface area (Å²) in [5.41, 5.74) is 1.34. The van der Waals surface area contributed by atoms with Crippen LogP contribution in [0.25, 0.3) is 0 Å². The number of hydrogen-bond acceptors (Lipinski definition) is 6. The zero-order valence-corrected chi connectivity index (χ0v) is 18.7. The number of sulfonamides is 1. The number of nitrogens with zero attached hydrogens (tertiary/aromatic N) is 2. The number of nitrogens with one attached hydrogen (secondary N) is 2. The Hall–Kier alpha value is -2.87. The molecule has 31 heavy (non-hydrogen) atoms. The minimum absolute atomic E-state index is 0.0728. The molecule has 3 rings (SSSR count). The molecule has 10 heteroatoms. The number of carbonyl (C=O) groups excluding carboxylic acids is 2. The molecule has 2 amide bonds. The van der Waals surface area contributed by atoms with E-state index in [2.05, 4.69) is 10.0 Å². The molecule has 8 nitrogen and oxygen atoms in total. The van der Waals surface area contributed by atoms with E-state index >= 15 is 0 Å². The van der Waals surface area contributed by atoms with E-state index in [1.807, 2.05) is 6.07 Å². The maximum absolute atomic E-state index is 13.0. The highest BCUT2D eigenvalue weighted by Crippen LogP contribution is 2.25. The van der Waals surface area contributed by atoms with Crippen molar-refractivity contribution in [2.45, 2.75) is 30.8 Å². The molecule has 1 aliphatic heterocycles. The van der Waals surface area contributed by atoms with Crippen LogP contribution in [0.3, 0.4) is 0 Å². The second-order valence-electron chi connectivity index (χ2n) is 7.27. The molecule has 1 heterocycles. The molecule has 0 radical (unpaired) electrons. The van der Waals surface area contributed by atoms with Crippen LogP contribution in [0.15, 0.2) is 53.4 Å². The Kier molecular flexibility index (Phi) is 7.00. The van der Waals surface area contributed by atoms with Gasteiger partial charge in [0.1, 0.15) is 6.04 Å². The molecule has 2 aromatic rings. The van der Waals surface area contributed by atoms with Crippen LogP contribution in [0.2, 0.25) is 0 Å². The number of benzene rings is 2. The van der Waals surface area contributed by atoms with Crippen molar-refractivity contribution in [2.75, 3.05) is 16.9 Å². The Morgan fingerprint density at radius 1 is 1.13 bits per heavy atom. The molecule has 0 aliphatic carbocycles. The third-order valence-corrected chi connectivity index (χ3v) is 7.22. The Bertz CT molecular complexity index is 1110. The van der Waals surface area contributed by atoms with Gasteiger partial charge in [-0.3, -0.25) is 9.59 Å². The van der Waals surface area contributed by atoms with Gasteiger partial charge in [0.25, 0.3) is 5.91 Å². The van der Waals surface area contributed by atoms with Gasteiger partial charge in [0.2, 0.25) is 15.9 Å². The van der Waals surface area contributed by atoms with Crippen LogP contribution in [0, 0.1) is 11.3 Å². The molecule has 1 saturated heterocycles. The first-order valence-corrected chi connectivity index (χ1v) is 12.2. The number of nitriles is 1. The first-order chi connectivity index (χ1) is 14.7. The molecule has 162 valence electrons. The van der Waals surface area contributed by atoms with Crippen LogP contribution in [-0.4, -0.2) is 48.8 Å². The molecule has 0 spiro atoms. The Morgan fingerprint density at radius 2 is 1.77 bits per heavy atom. The van der Waals surface area contributed by atoms with Crippen molar-refractivity contribution in [3.8, 4) is 6.07 Å². The predicted octanol–water partition coefficient (Wildman–Crippen LogP) is 2.40. The normalized spacial score (nSPS) is 16.2. The second-order valence-corrected chi connectivity index (χ2v) is 9.98. The predicted molar refractivity (Wildman–Crippen MR) is 119 cm³/mol. The summed E-state index contributed by atoms with van der Waals surface area (Å²) in [4.78, 5) is 27.2. The summed E-state index contributed by atoms with van der Waals surface area (Å²) in [6, 6.07) is 13.3. The van der Waals surface area contributed by atoms with Crippen LogP contribution in [0.5, 0.6) is 0 Å². The molecule has 1 unspecified atom stereocenters. The highest BCUT2D eigenvalue weighted by atomic mass is 32.2. The van der Waals surface area contributed by atoms with Crippen molar-refractivity contribution in [1.82, 2.24) is 9.62 Å². The van der Waals surface area contributed by atoms with Gasteiger partial charge in [-0.25, -0.2) is 13.1 Å². The number of hydrogen-bond donors (Lipinski definition) is 2. The van der Waals surface area contributed by atoms with Gasteiger partial charge in [-0.15, -0.1) is 11.8 Å². The summed E-state index contributed by atoms with van der Waals surface area (Å²) in [5.74, 6) is 0.159. The number of anilines is 1. The van der Waals surface area contributed by atoms with E-state index in [1.54, 1.807) is 38.1 Å². The van der Waals surface area contributed by atoms with Gasteiger partial charge in [0.05, 0.1) is 22.4 Å². The van der Waals surface area contributed by atoms with Gasteiger partial charge in [-0.2, -0.15) is 5.26 Å². The fourth-order valence-corrected chi connectivity index (χ4v) is 5.44. The number of carbonyl (C=O) groups is 2. The maximum atomic E-state index is 13.0. The van der Waals surface area contributed by atoms with Gasteiger partial charge in [0, 0.05) is 23.0 Å². The van der Waals surface area contributed by atoms with Gasteiger partial charge in [0.15, 0.2) is 0 Å². The molecular formula is C21H22N4O4S2. The monoisotopic (exact) mass is 458 g/mol. The van der Waals surface area contributed by atoms with E-state index in [1.165, 1.54) is 40.9 Å². The zero-order valence-electron chi connectivity index (χ0n) is 17.0. The number of rotatable bonds is 6. The molecular weight excluding hydrogens is 436 g/mol. The summed E-state index contributed by atoms with van der Waals surface area (Å²) in [6.45, 7) is 3.45. The number of thioether (sulfide) groups is 1. The van der Waals surface area contributed by atoms with E-state index in [9.17, 15) is 18.0 Å². The first-order valence-electron chi connectivity index (χ1n) is 9.53. The lowest BCUT2D eigenvalue weighted by atomic mass is 10.1. The quantitative estimate of drug-likeness (QED) is 0.686. The molecule has 0 aromatic heterocycles. The fourth-order valence-electron chi connectivity index (χ4n) is 3.03.